The molecule has 0 aliphatic heterocycles. The van der Waals surface area contributed by atoms with Crippen molar-refractivity contribution in [2.45, 2.75) is 13.8 Å². The second-order valence-corrected chi connectivity index (χ2v) is 7.61. The lowest BCUT2D eigenvalue weighted by atomic mass is 9.95. The van der Waals surface area contributed by atoms with E-state index in [1.54, 1.807) is 6.08 Å². The molecule has 0 saturated heterocycles. The molecular formula is C25H21IO. The number of hydrogen-bond donors (Lipinski definition) is 0. The van der Waals surface area contributed by atoms with Gasteiger partial charge in [-0.1, -0.05) is 96.1 Å². The zero-order valence-electron chi connectivity index (χ0n) is 15.4. The fourth-order valence-corrected chi connectivity index (χ4v) is 3.60. The molecule has 0 radical (unpaired) electrons. The molecule has 0 aliphatic carbocycles. The number of carbonyl (C=O) groups excluding carboxylic acids is 1. The molecule has 0 N–H and O–H groups in total. The Kier molecular flexibility index (Phi) is 6.40. The number of halogens is 1. The minimum absolute atomic E-state index is 0.00982. The number of carbonyl (C=O) groups is 1. The minimum atomic E-state index is 0.00982. The van der Waals surface area contributed by atoms with Crippen molar-refractivity contribution in [2.75, 3.05) is 0 Å². The van der Waals surface area contributed by atoms with Crippen molar-refractivity contribution in [1.82, 2.24) is 0 Å². The Bertz CT molecular complexity index is 931. The number of aryl methyl sites for hydroxylation is 2. The second-order valence-electron chi connectivity index (χ2n) is 6.53. The van der Waals surface area contributed by atoms with Crippen LogP contribution in [0.2, 0.25) is 0 Å². The molecule has 0 saturated carbocycles. The van der Waals surface area contributed by atoms with Crippen LogP contribution in [0.5, 0.6) is 0 Å². The molecule has 0 aromatic heterocycles. The summed E-state index contributed by atoms with van der Waals surface area (Å²) in [6.45, 7) is 4.13. The van der Waals surface area contributed by atoms with E-state index in [0.29, 0.717) is 3.58 Å². The van der Waals surface area contributed by atoms with Gasteiger partial charge in [0.2, 0.25) is 0 Å². The maximum Gasteiger partial charge on any atom is 0.192 e. The smallest absolute Gasteiger partial charge is 0.192 e. The van der Waals surface area contributed by atoms with Crippen molar-refractivity contribution in [1.29, 1.82) is 0 Å². The van der Waals surface area contributed by atoms with Gasteiger partial charge in [0.1, 0.15) is 0 Å². The number of hydrogen-bond acceptors (Lipinski definition) is 1. The molecule has 0 aliphatic rings. The molecule has 0 spiro atoms. The molecule has 0 fully saturated rings. The molecule has 0 bridgehead atoms. The number of ketones is 1. The number of rotatable bonds is 5. The third-order valence-corrected chi connectivity index (χ3v) is 5.41. The quantitative estimate of drug-likeness (QED) is 0.301. The van der Waals surface area contributed by atoms with Crippen LogP contribution in [0.4, 0.5) is 0 Å². The molecule has 1 nitrogen and oxygen atoms in total. The van der Waals surface area contributed by atoms with Gasteiger partial charge < -0.3 is 0 Å². The van der Waals surface area contributed by atoms with Crippen molar-refractivity contribution in [3.63, 3.8) is 0 Å². The average molecular weight is 464 g/mol. The van der Waals surface area contributed by atoms with E-state index in [0.717, 1.165) is 22.3 Å². The summed E-state index contributed by atoms with van der Waals surface area (Å²) in [7, 11) is 0. The Labute approximate surface area is 174 Å². The first-order valence-corrected chi connectivity index (χ1v) is 9.94. The summed E-state index contributed by atoms with van der Waals surface area (Å²) in [6, 6.07) is 26.5. The lowest BCUT2D eigenvalue weighted by Gasteiger charge is -2.12. The second kappa shape index (κ2) is 8.96. The van der Waals surface area contributed by atoms with Gasteiger partial charge >= 0.3 is 0 Å². The molecule has 134 valence electrons. The Morgan fingerprint density at radius 2 is 1.22 bits per heavy atom. The summed E-state index contributed by atoms with van der Waals surface area (Å²) in [4.78, 5) is 12.9. The molecular weight excluding hydrogens is 443 g/mol. The van der Waals surface area contributed by atoms with Crippen LogP contribution in [0, 0.1) is 13.8 Å². The van der Waals surface area contributed by atoms with Crippen LogP contribution in [0.3, 0.4) is 0 Å². The first kappa shape index (κ1) is 19.3. The average Bonchev–Trinajstić information content (AvgIpc) is 2.70. The Morgan fingerprint density at radius 1 is 0.741 bits per heavy atom. The van der Waals surface area contributed by atoms with E-state index in [-0.39, 0.29) is 5.78 Å². The van der Waals surface area contributed by atoms with Crippen molar-refractivity contribution >= 4 is 40.0 Å². The highest BCUT2D eigenvalue weighted by Gasteiger charge is 2.14. The van der Waals surface area contributed by atoms with Crippen molar-refractivity contribution in [3.05, 3.63) is 116 Å². The molecule has 3 rings (SSSR count). The summed E-state index contributed by atoms with van der Waals surface area (Å²) in [5, 5.41) is 0. The third kappa shape index (κ3) is 5.04. The summed E-state index contributed by atoms with van der Waals surface area (Å²) in [5.74, 6) is 0.00982. The van der Waals surface area contributed by atoms with Gasteiger partial charge in [-0.3, -0.25) is 4.79 Å². The van der Waals surface area contributed by atoms with Crippen LogP contribution >= 0.6 is 22.6 Å². The fraction of sp³-hybridized carbons (Fsp3) is 0.0800. The summed E-state index contributed by atoms with van der Waals surface area (Å²) < 4.78 is 0.715. The van der Waals surface area contributed by atoms with E-state index in [1.165, 1.54) is 11.1 Å². The summed E-state index contributed by atoms with van der Waals surface area (Å²) >= 11 is 2.18. The van der Waals surface area contributed by atoms with Gasteiger partial charge in [0.25, 0.3) is 0 Å². The monoisotopic (exact) mass is 464 g/mol. The van der Waals surface area contributed by atoms with Gasteiger partial charge in [-0.05, 0) is 59.2 Å². The maximum absolute atomic E-state index is 12.9. The van der Waals surface area contributed by atoms with E-state index in [1.807, 2.05) is 36.4 Å². The van der Waals surface area contributed by atoms with Crippen molar-refractivity contribution < 1.29 is 4.79 Å². The lowest BCUT2D eigenvalue weighted by Crippen LogP contribution is -1.99. The molecule has 0 unspecified atom stereocenters. The zero-order chi connectivity index (χ0) is 19.2. The topological polar surface area (TPSA) is 17.1 Å². The van der Waals surface area contributed by atoms with Crippen LogP contribution in [0.25, 0.3) is 11.6 Å². The predicted octanol–water partition coefficient (Wildman–Crippen LogP) is 6.78. The Balaban J connectivity index is 2.04. The van der Waals surface area contributed by atoms with Gasteiger partial charge in [-0.25, -0.2) is 0 Å². The third-order valence-electron chi connectivity index (χ3n) is 4.34. The molecule has 3 aromatic rings. The van der Waals surface area contributed by atoms with Crippen molar-refractivity contribution in [3.8, 4) is 0 Å². The van der Waals surface area contributed by atoms with E-state index < -0.39 is 0 Å². The SMILES string of the molecule is Cc1ccc(C(=C(I)C(=O)/C=C/c2ccccc2)c2ccc(C)cc2)cc1. The standard InChI is InChI=1S/C25H21IO/c1-18-8-13-21(14-9-18)24(22-15-10-19(2)11-16-22)25(26)23(27)17-12-20-6-4-3-5-7-20/h3-17H,1-2H3/b17-12+. The largest absolute Gasteiger partial charge is 0.289 e. The summed E-state index contributed by atoms with van der Waals surface area (Å²) in [5.41, 5.74) is 6.49. The molecule has 0 atom stereocenters. The molecule has 2 heteroatoms. The van der Waals surface area contributed by atoms with Crippen LogP contribution in [0.1, 0.15) is 27.8 Å². The van der Waals surface area contributed by atoms with E-state index in [9.17, 15) is 4.79 Å². The van der Waals surface area contributed by atoms with Gasteiger partial charge in [-0.15, -0.1) is 0 Å². The Hall–Kier alpha value is -2.46. The van der Waals surface area contributed by atoms with Crippen LogP contribution in [-0.2, 0) is 4.79 Å². The van der Waals surface area contributed by atoms with Crippen molar-refractivity contribution in [2.24, 2.45) is 0 Å². The van der Waals surface area contributed by atoms with Gasteiger partial charge in [-0.2, -0.15) is 0 Å². The van der Waals surface area contributed by atoms with Gasteiger partial charge in [0.15, 0.2) is 5.78 Å². The highest BCUT2D eigenvalue weighted by molar-refractivity contribution is 14.1. The highest BCUT2D eigenvalue weighted by atomic mass is 127. The van der Waals surface area contributed by atoms with E-state index in [4.69, 9.17) is 0 Å². The predicted molar refractivity (Wildman–Crippen MR) is 123 cm³/mol. The number of benzene rings is 3. The molecule has 3 aromatic carbocycles. The minimum Gasteiger partial charge on any atom is -0.289 e. The highest BCUT2D eigenvalue weighted by Crippen LogP contribution is 2.31. The molecule has 0 amide bonds. The Morgan fingerprint density at radius 3 is 1.70 bits per heavy atom. The normalized spacial score (nSPS) is 10.8. The van der Waals surface area contributed by atoms with Gasteiger partial charge in [0.05, 0.1) is 3.58 Å². The lowest BCUT2D eigenvalue weighted by molar-refractivity contribution is -0.110. The van der Waals surface area contributed by atoms with Crippen LogP contribution in [0.15, 0.2) is 88.5 Å². The van der Waals surface area contributed by atoms with Gasteiger partial charge in [0, 0.05) is 5.57 Å². The zero-order valence-corrected chi connectivity index (χ0v) is 17.6. The fourth-order valence-electron chi connectivity index (χ4n) is 2.79. The first-order chi connectivity index (χ1) is 13.0. The maximum atomic E-state index is 12.9. The summed E-state index contributed by atoms with van der Waals surface area (Å²) in [6.07, 6.45) is 3.52. The number of allylic oxidation sites excluding steroid dienone is 2. The van der Waals surface area contributed by atoms with E-state index >= 15 is 0 Å². The van der Waals surface area contributed by atoms with Crippen LogP contribution < -0.4 is 0 Å². The van der Waals surface area contributed by atoms with E-state index in [2.05, 4.69) is 85.0 Å². The van der Waals surface area contributed by atoms with Crippen LogP contribution in [-0.4, -0.2) is 5.78 Å². The first-order valence-electron chi connectivity index (χ1n) is 8.86. The molecule has 27 heavy (non-hydrogen) atoms. The molecule has 0 heterocycles.